The number of hydrogen-bond acceptors (Lipinski definition) is 5. The Morgan fingerprint density at radius 3 is 2.85 bits per heavy atom. The molecule has 1 aromatic rings. The van der Waals surface area contributed by atoms with Gasteiger partial charge in [-0.2, -0.15) is 8.75 Å². The van der Waals surface area contributed by atoms with E-state index < -0.39 is 0 Å². The van der Waals surface area contributed by atoms with Crippen molar-refractivity contribution >= 4 is 29.1 Å². The Bertz CT molecular complexity index is 287. The van der Waals surface area contributed by atoms with Crippen LogP contribution in [0.25, 0.3) is 0 Å². The maximum absolute atomic E-state index is 5.78. The summed E-state index contributed by atoms with van der Waals surface area (Å²) in [4.78, 5) is 0. The zero-order valence-electron chi connectivity index (χ0n) is 7.16. The third-order valence-corrected chi connectivity index (χ3v) is 3.11. The van der Waals surface area contributed by atoms with Gasteiger partial charge >= 0.3 is 0 Å². The topological polar surface area (TPSA) is 47.0 Å². The van der Waals surface area contributed by atoms with E-state index in [0.717, 1.165) is 24.6 Å². The highest BCUT2D eigenvalue weighted by Crippen LogP contribution is 2.28. The molecule has 0 saturated heterocycles. The maximum Gasteiger partial charge on any atom is 0.186 e. The van der Waals surface area contributed by atoms with E-state index in [9.17, 15) is 0 Å². The SMILES string of the molecule is COC1CC(Nc2nsnc2Cl)C1. The van der Waals surface area contributed by atoms with Crippen molar-refractivity contribution in [2.24, 2.45) is 0 Å². The lowest BCUT2D eigenvalue weighted by atomic mass is 9.89. The van der Waals surface area contributed by atoms with Crippen molar-refractivity contribution in [3.8, 4) is 0 Å². The van der Waals surface area contributed by atoms with Gasteiger partial charge in [0.1, 0.15) is 0 Å². The van der Waals surface area contributed by atoms with Crippen molar-refractivity contribution in [2.45, 2.75) is 25.0 Å². The van der Waals surface area contributed by atoms with Crippen molar-refractivity contribution in [1.29, 1.82) is 0 Å². The van der Waals surface area contributed by atoms with Crippen LogP contribution in [0.2, 0.25) is 5.15 Å². The van der Waals surface area contributed by atoms with Crippen LogP contribution in [0, 0.1) is 0 Å². The second-order valence-electron chi connectivity index (χ2n) is 3.07. The van der Waals surface area contributed by atoms with Crippen LogP contribution in [0.1, 0.15) is 12.8 Å². The number of nitrogens with zero attached hydrogens (tertiary/aromatic N) is 2. The minimum Gasteiger partial charge on any atom is -0.381 e. The van der Waals surface area contributed by atoms with E-state index in [1.807, 2.05) is 0 Å². The number of anilines is 1. The Labute approximate surface area is 85.6 Å². The van der Waals surface area contributed by atoms with Crippen LogP contribution in [0.15, 0.2) is 0 Å². The van der Waals surface area contributed by atoms with Crippen molar-refractivity contribution in [1.82, 2.24) is 8.75 Å². The molecule has 6 heteroatoms. The molecule has 0 aliphatic heterocycles. The van der Waals surface area contributed by atoms with Gasteiger partial charge in [0.2, 0.25) is 0 Å². The highest BCUT2D eigenvalue weighted by Gasteiger charge is 2.29. The molecule has 0 spiro atoms. The average molecular weight is 220 g/mol. The normalized spacial score (nSPS) is 26.9. The minimum absolute atomic E-state index is 0.392. The van der Waals surface area contributed by atoms with E-state index in [4.69, 9.17) is 16.3 Å². The first kappa shape index (κ1) is 9.18. The first-order valence-electron chi connectivity index (χ1n) is 4.07. The molecule has 0 atom stereocenters. The van der Waals surface area contributed by atoms with Crippen LogP contribution in [0.3, 0.4) is 0 Å². The Hall–Kier alpha value is -0.390. The predicted molar refractivity (Wildman–Crippen MR) is 52.4 cm³/mol. The van der Waals surface area contributed by atoms with Crippen molar-refractivity contribution in [3.63, 3.8) is 0 Å². The van der Waals surface area contributed by atoms with E-state index in [-0.39, 0.29) is 0 Å². The third kappa shape index (κ3) is 1.92. The summed E-state index contributed by atoms with van der Waals surface area (Å²) in [6.07, 6.45) is 2.43. The summed E-state index contributed by atoms with van der Waals surface area (Å²) in [6, 6.07) is 0.436. The summed E-state index contributed by atoms with van der Waals surface area (Å²) >= 11 is 6.90. The number of ether oxygens (including phenoxy) is 1. The quantitative estimate of drug-likeness (QED) is 0.842. The van der Waals surface area contributed by atoms with Crippen molar-refractivity contribution in [2.75, 3.05) is 12.4 Å². The number of methoxy groups -OCH3 is 1. The molecule has 2 rings (SSSR count). The largest absolute Gasteiger partial charge is 0.381 e. The highest BCUT2D eigenvalue weighted by molar-refractivity contribution is 6.99. The van der Waals surface area contributed by atoms with E-state index in [1.54, 1.807) is 7.11 Å². The first-order chi connectivity index (χ1) is 6.29. The van der Waals surface area contributed by atoms with Crippen LogP contribution in [0.5, 0.6) is 0 Å². The van der Waals surface area contributed by atoms with Gasteiger partial charge in [-0.25, -0.2) is 0 Å². The Kier molecular flexibility index (Phi) is 2.66. The summed E-state index contributed by atoms with van der Waals surface area (Å²) in [5.41, 5.74) is 0. The van der Waals surface area contributed by atoms with Gasteiger partial charge in [0.25, 0.3) is 0 Å². The molecular formula is C7H10ClN3OS. The zero-order valence-corrected chi connectivity index (χ0v) is 8.73. The van der Waals surface area contributed by atoms with Crippen LogP contribution in [-0.4, -0.2) is 28.0 Å². The van der Waals surface area contributed by atoms with Gasteiger partial charge in [0, 0.05) is 13.2 Å². The second-order valence-corrected chi connectivity index (χ2v) is 3.96. The van der Waals surface area contributed by atoms with E-state index in [1.165, 1.54) is 0 Å². The van der Waals surface area contributed by atoms with Crippen LogP contribution in [0.4, 0.5) is 5.82 Å². The lowest BCUT2D eigenvalue weighted by molar-refractivity contribution is 0.0328. The molecule has 1 fully saturated rings. The molecule has 1 aliphatic carbocycles. The lowest BCUT2D eigenvalue weighted by Crippen LogP contribution is -2.40. The van der Waals surface area contributed by atoms with E-state index in [2.05, 4.69) is 14.1 Å². The summed E-state index contributed by atoms with van der Waals surface area (Å²) in [6.45, 7) is 0. The Balaban J connectivity index is 1.84. The van der Waals surface area contributed by atoms with Gasteiger partial charge in [-0.3, -0.25) is 0 Å². The van der Waals surface area contributed by atoms with Gasteiger partial charge in [-0.05, 0) is 12.8 Å². The maximum atomic E-state index is 5.78. The average Bonchev–Trinajstić information content (AvgIpc) is 2.43. The molecule has 1 aliphatic rings. The number of rotatable bonds is 3. The molecule has 0 aromatic carbocycles. The van der Waals surface area contributed by atoms with Crippen molar-refractivity contribution in [3.05, 3.63) is 5.15 Å². The smallest absolute Gasteiger partial charge is 0.186 e. The van der Waals surface area contributed by atoms with E-state index in [0.29, 0.717) is 23.1 Å². The number of halogens is 1. The Morgan fingerprint density at radius 2 is 2.31 bits per heavy atom. The zero-order chi connectivity index (χ0) is 9.26. The lowest BCUT2D eigenvalue weighted by Gasteiger charge is -2.34. The van der Waals surface area contributed by atoms with Crippen LogP contribution >= 0.6 is 23.3 Å². The van der Waals surface area contributed by atoms with Gasteiger partial charge in [-0.15, -0.1) is 0 Å². The first-order valence-corrected chi connectivity index (χ1v) is 5.18. The molecule has 4 nitrogen and oxygen atoms in total. The van der Waals surface area contributed by atoms with Crippen LogP contribution < -0.4 is 5.32 Å². The van der Waals surface area contributed by atoms with Crippen molar-refractivity contribution < 1.29 is 4.74 Å². The summed E-state index contributed by atoms with van der Waals surface area (Å²) in [7, 11) is 1.73. The molecule has 1 saturated carbocycles. The fourth-order valence-electron chi connectivity index (χ4n) is 1.33. The molecule has 0 bridgehead atoms. The summed E-state index contributed by atoms with van der Waals surface area (Å²) < 4.78 is 13.1. The second kappa shape index (κ2) is 3.77. The molecule has 72 valence electrons. The summed E-state index contributed by atoms with van der Waals surface area (Å²) in [5, 5.41) is 3.68. The predicted octanol–water partition coefficient (Wildman–Crippen LogP) is 1.78. The fraction of sp³-hybridized carbons (Fsp3) is 0.714. The number of aromatic nitrogens is 2. The van der Waals surface area contributed by atoms with Gasteiger partial charge in [-0.1, -0.05) is 11.6 Å². The molecule has 1 aromatic heterocycles. The molecule has 0 amide bonds. The summed E-state index contributed by atoms with van der Waals surface area (Å²) in [5.74, 6) is 0.700. The van der Waals surface area contributed by atoms with Gasteiger partial charge < -0.3 is 10.1 Å². The molecule has 0 radical (unpaired) electrons. The minimum atomic E-state index is 0.392. The van der Waals surface area contributed by atoms with Gasteiger partial charge in [0.05, 0.1) is 17.8 Å². The monoisotopic (exact) mass is 219 g/mol. The Morgan fingerprint density at radius 1 is 1.54 bits per heavy atom. The number of hydrogen-bond donors (Lipinski definition) is 1. The highest BCUT2D eigenvalue weighted by atomic mass is 35.5. The van der Waals surface area contributed by atoms with Crippen LogP contribution in [-0.2, 0) is 4.74 Å². The molecule has 1 heterocycles. The number of nitrogens with one attached hydrogen (secondary N) is 1. The molecule has 0 unspecified atom stereocenters. The van der Waals surface area contributed by atoms with E-state index >= 15 is 0 Å². The molecule has 1 N–H and O–H groups in total. The molecular weight excluding hydrogens is 210 g/mol. The third-order valence-electron chi connectivity index (χ3n) is 2.22. The fourth-order valence-corrected chi connectivity index (χ4v) is 1.99. The van der Waals surface area contributed by atoms with Gasteiger partial charge in [0.15, 0.2) is 11.0 Å². The standard InChI is InChI=1S/C7H10ClN3OS/c1-12-5-2-4(3-5)9-7-6(8)10-13-11-7/h4-5H,2-3H2,1H3,(H,9,11). The molecule has 13 heavy (non-hydrogen) atoms.